The lowest BCUT2D eigenvalue weighted by Gasteiger charge is -2.16. The number of nitriles is 1. The van der Waals surface area contributed by atoms with Gasteiger partial charge in [-0.2, -0.15) is 5.26 Å². The fourth-order valence-electron chi connectivity index (χ4n) is 15.5. The normalized spacial score (nSPS) is 10.7. The highest BCUT2D eigenvalue weighted by molar-refractivity contribution is 6.05. The van der Waals surface area contributed by atoms with E-state index in [2.05, 4.69) is 81.8 Å². The molecule has 6 heterocycles. The number of carbonyl (C=O) groups excluding carboxylic acids is 4. The maximum Gasteiger partial charge on any atom is 0.251 e. The van der Waals surface area contributed by atoms with E-state index in [0.717, 1.165) is 60.3 Å². The minimum atomic E-state index is -0.499. The molecule has 0 aliphatic heterocycles. The number of primary amides is 1. The molecule has 0 fully saturated rings. The van der Waals surface area contributed by atoms with Crippen LogP contribution in [0.25, 0.3) is 134 Å². The van der Waals surface area contributed by atoms with E-state index in [1.807, 2.05) is 212 Å². The maximum absolute atomic E-state index is 12.7. The van der Waals surface area contributed by atoms with Crippen LogP contribution in [0.3, 0.4) is 0 Å². The number of para-hydroxylation sites is 6. The molecule has 0 bridgehead atoms. The first-order chi connectivity index (χ1) is 70.2. The van der Waals surface area contributed by atoms with Crippen molar-refractivity contribution in [3.63, 3.8) is 0 Å². The van der Waals surface area contributed by atoms with Gasteiger partial charge < -0.3 is 86.8 Å². The van der Waals surface area contributed by atoms with Gasteiger partial charge in [-0.1, -0.05) is 109 Å². The molecular formula is C112H107N23O11. The number of nitrogens with two attached hydrogens (primary N) is 1. The summed E-state index contributed by atoms with van der Waals surface area (Å²) in [5, 5.41) is 91.9. The summed E-state index contributed by atoms with van der Waals surface area (Å²) < 4.78 is 0. The first kappa shape index (κ1) is 103. The van der Waals surface area contributed by atoms with E-state index in [1.165, 1.54) is 0 Å². The Hall–Kier alpha value is -19.2. The van der Waals surface area contributed by atoms with E-state index in [4.69, 9.17) is 11.0 Å². The van der Waals surface area contributed by atoms with E-state index in [9.17, 15) is 54.9 Å². The van der Waals surface area contributed by atoms with Crippen LogP contribution in [0.4, 0.5) is 34.9 Å². The van der Waals surface area contributed by atoms with Crippen LogP contribution < -0.4 is 51.1 Å². The molecule has 0 saturated heterocycles. The molecule has 0 radical (unpaired) electrons. The van der Waals surface area contributed by atoms with Crippen LogP contribution in [0.2, 0.25) is 0 Å². The van der Waals surface area contributed by atoms with Crippen molar-refractivity contribution in [1.29, 1.82) is 5.26 Å². The predicted octanol–water partition coefficient (Wildman–Crippen LogP) is 16.9. The Morgan fingerprint density at radius 2 is 0.541 bits per heavy atom. The predicted molar refractivity (Wildman–Crippen MR) is 574 cm³/mol. The molecule has 4 amide bonds. The zero-order chi connectivity index (χ0) is 104. The molecule has 6 aromatic heterocycles. The number of aromatic hydroxyl groups is 6. The van der Waals surface area contributed by atoms with Crippen molar-refractivity contribution < 1.29 is 54.9 Å². The molecule has 19 aromatic rings. The Kier molecular flexibility index (Phi) is 32.6. The highest BCUT2D eigenvalue weighted by atomic mass is 16.3. The third kappa shape index (κ3) is 23.9. The molecule has 0 aliphatic carbocycles. The molecule has 146 heavy (non-hydrogen) atoms. The van der Waals surface area contributed by atoms with Crippen molar-refractivity contribution in [1.82, 2.24) is 75.8 Å². The summed E-state index contributed by atoms with van der Waals surface area (Å²) in [5.74, 6) is 6.68. The van der Waals surface area contributed by atoms with E-state index < -0.39 is 5.91 Å². The number of rotatable bonds is 20. The molecule has 0 aliphatic rings. The Balaban J connectivity index is 0.000000139. The molecule has 19 rings (SSSR count). The number of fused-ring (bicyclic) bond motifs is 6. The Labute approximate surface area is 841 Å². The quantitative estimate of drug-likeness (QED) is 0.0337. The van der Waals surface area contributed by atoms with Gasteiger partial charge in [-0.25, -0.2) is 59.8 Å². The molecule has 736 valence electrons. The standard InChI is InChI=1S/C24H22N4O2.C19H20N4O2.C18H18N4O2.C17H16N4O2.C17H14N4O.C17H17N3O2/c1-28(2)23-19-14-17(24(30)25-15-16-8-4-3-5-9-16)12-13-20(19)26-22(27-23)18-10-6-7-11-21(18)29;1-4-20-19(25)12-9-10-15-14(11-12)18(23(2)3)22-17(21-15)13-7-5-6-8-16(13)24;1-19-18(24)11-8-9-14-13(10-11)17(22(2)3)21-16(20-14)12-6-4-5-7-15(12)23;1-21(2)17-12-9-10(15(18)23)7-8-13(12)19-16(20-17)11-5-3-4-6-14(11)22;1-21(2)17-13-9-11(10-18)7-8-14(13)19-16(20-17)12-5-3-4-6-15(12)22;1-20(2)17-13-9-11(10-21)7-8-14(13)18-16(19-17)12-5-3-4-6-15(12)22/h3-14,29H,15H2,1-2H3,(H,25,30);5-11,24H,4H2,1-3H3,(H,20,25);4-10,23H,1-3H3,(H,19,24);3-9,22H,1-2H3,(H2,18,23);3-9,22H,1-2H3;3-9,21-22H,10H2,1-2H3. The van der Waals surface area contributed by atoms with Crippen LogP contribution in [-0.4, -0.2) is 217 Å². The summed E-state index contributed by atoms with van der Waals surface area (Å²) in [6.45, 7) is 2.89. The first-order valence-electron chi connectivity index (χ1n) is 46.0. The molecule has 0 atom stereocenters. The fourth-order valence-corrected chi connectivity index (χ4v) is 15.5. The Morgan fingerprint density at radius 3 is 0.808 bits per heavy atom. The minimum absolute atomic E-state index is 0.0238. The molecular weight excluding hydrogens is 1840 g/mol. The lowest BCUT2D eigenvalue weighted by Crippen LogP contribution is -2.22. The zero-order valence-corrected chi connectivity index (χ0v) is 82.6. The van der Waals surface area contributed by atoms with Crippen LogP contribution in [0.15, 0.2) is 285 Å². The van der Waals surface area contributed by atoms with Gasteiger partial charge >= 0.3 is 0 Å². The van der Waals surface area contributed by atoms with E-state index in [-0.39, 0.29) is 58.8 Å². The van der Waals surface area contributed by atoms with Gasteiger partial charge in [0.25, 0.3) is 17.7 Å². The number of carbonyl (C=O) groups is 4. The molecule has 12 N–H and O–H groups in total. The number of anilines is 6. The first-order valence-corrected chi connectivity index (χ1v) is 46.0. The summed E-state index contributed by atoms with van der Waals surface area (Å²) in [6.07, 6.45) is 0. The van der Waals surface area contributed by atoms with Gasteiger partial charge in [-0.05, 0) is 194 Å². The highest BCUT2D eigenvalue weighted by Gasteiger charge is 2.24. The van der Waals surface area contributed by atoms with Crippen molar-refractivity contribution in [2.45, 2.75) is 20.1 Å². The maximum atomic E-state index is 12.7. The van der Waals surface area contributed by atoms with Crippen LogP contribution in [0, 0.1) is 11.3 Å². The van der Waals surface area contributed by atoms with Crippen LogP contribution in [0.5, 0.6) is 34.5 Å². The third-order valence-corrected chi connectivity index (χ3v) is 22.8. The lowest BCUT2D eigenvalue weighted by atomic mass is 10.1. The average Bonchev–Trinajstić information content (AvgIpc) is 0.790. The SMILES string of the molecule is CCNC(=O)c1ccc2nc(-c3ccccc3O)nc(N(C)C)c2c1.CN(C)c1nc(-c2ccccc2O)nc2ccc(C#N)cc12.CN(C)c1nc(-c2ccccc2O)nc2ccc(C(=O)NCc3ccccc3)cc12.CN(C)c1nc(-c2ccccc2O)nc2ccc(C(N)=O)cc12.CN(C)c1nc(-c2ccccc2O)nc2ccc(CO)cc12.CNC(=O)c1ccc2nc(-c3ccccc3O)nc(N(C)C)c2c1. The smallest absolute Gasteiger partial charge is 0.251 e. The highest BCUT2D eigenvalue weighted by Crippen LogP contribution is 2.40. The second-order valence-electron chi connectivity index (χ2n) is 34.4. The number of nitrogens with one attached hydrogen (secondary N) is 3. The van der Waals surface area contributed by atoms with Crippen molar-refractivity contribution in [2.24, 2.45) is 5.73 Å². The van der Waals surface area contributed by atoms with Gasteiger partial charge in [0.2, 0.25) is 5.91 Å². The number of aliphatic hydroxyl groups excluding tert-OH is 1. The van der Waals surface area contributed by atoms with Gasteiger partial charge in [0.05, 0.1) is 84.7 Å². The van der Waals surface area contributed by atoms with Gasteiger partial charge in [-0.3, -0.25) is 19.2 Å². The molecule has 34 nitrogen and oxygen atoms in total. The number of hydrogen-bond donors (Lipinski definition) is 11. The summed E-state index contributed by atoms with van der Waals surface area (Å²) >= 11 is 0. The van der Waals surface area contributed by atoms with E-state index >= 15 is 0 Å². The zero-order valence-electron chi connectivity index (χ0n) is 82.6. The molecule has 0 saturated carbocycles. The van der Waals surface area contributed by atoms with E-state index in [1.54, 1.807) is 201 Å². The topological polar surface area (TPSA) is 470 Å². The number of nitrogens with zero attached hydrogens (tertiary/aromatic N) is 19. The summed E-state index contributed by atoms with van der Waals surface area (Å²) in [6, 6.07) is 85.6. The third-order valence-electron chi connectivity index (χ3n) is 22.8. The van der Waals surface area contributed by atoms with Crippen LogP contribution in [-0.2, 0) is 13.2 Å². The van der Waals surface area contributed by atoms with E-state index in [0.29, 0.717) is 160 Å². The van der Waals surface area contributed by atoms with Crippen LogP contribution >= 0.6 is 0 Å². The number of benzene rings is 13. The molecule has 0 unspecified atom stereocenters. The average molecular weight is 1950 g/mol. The fraction of sp³-hybridized carbons (Fsp3) is 0.152. The van der Waals surface area contributed by atoms with Crippen molar-refractivity contribution in [2.75, 3.05) is 128 Å². The van der Waals surface area contributed by atoms with Gasteiger partial charge in [0, 0.05) is 159 Å². The van der Waals surface area contributed by atoms with Gasteiger partial charge in [0.15, 0.2) is 34.9 Å². The molecule has 0 spiro atoms. The number of amides is 4. The Morgan fingerprint density at radius 1 is 0.295 bits per heavy atom. The number of phenols is 6. The second-order valence-corrected chi connectivity index (χ2v) is 34.4. The monoisotopic (exact) mass is 1950 g/mol. The van der Waals surface area contributed by atoms with Gasteiger partial charge in [-0.15, -0.1) is 0 Å². The summed E-state index contributed by atoms with van der Waals surface area (Å²) in [5.41, 5.74) is 17.5. The second kappa shape index (κ2) is 46.3. The summed E-state index contributed by atoms with van der Waals surface area (Å²) in [7, 11) is 24.2. The molecule has 13 aromatic carbocycles. The number of hydrogen-bond acceptors (Lipinski definition) is 30. The van der Waals surface area contributed by atoms with Crippen molar-refractivity contribution in [3.05, 3.63) is 324 Å². The number of aromatic nitrogens is 12. The van der Waals surface area contributed by atoms with Crippen LogP contribution in [0.1, 0.15) is 65.0 Å². The largest absolute Gasteiger partial charge is 0.507 e. The van der Waals surface area contributed by atoms with Crippen molar-refractivity contribution in [3.8, 4) is 109 Å². The van der Waals surface area contributed by atoms with Gasteiger partial charge in [0.1, 0.15) is 69.4 Å². The minimum Gasteiger partial charge on any atom is -0.507 e. The number of aliphatic hydroxyl groups is 1. The summed E-state index contributed by atoms with van der Waals surface area (Å²) in [4.78, 5) is 114. The van der Waals surface area contributed by atoms with Crippen molar-refractivity contribution >= 4 is 124 Å². The molecule has 34 heteroatoms. The Bertz CT molecular complexity index is 8130. The lowest BCUT2D eigenvalue weighted by molar-refractivity contribution is 0.0944. The number of phenolic OH excluding ortho intramolecular Hbond substituents is 6.